The second-order valence-electron chi connectivity index (χ2n) is 7.27. The van der Waals surface area contributed by atoms with E-state index in [4.69, 9.17) is 15.5 Å². The molecule has 1 atom stereocenters. The highest BCUT2D eigenvalue weighted by Gasteiger charge is 2.12. The number of nitrogens with two attached hydrogens (primary N) is 1. The molecule has 0 amide bonds. The minimum absolute atomic E-state index is 0.136. The topological polar surface area (TPSA) is 89.7 Å². The van der Waals surface area contributed by atoms with Gasteiger partial charge in [0.2, 0.25) is 0 Å². The zero-order valence-corrected chi connectivity index (χ0v) is 16.3. The summed E-state index contributed by atoms with van der Waals surface area (Å²) in [6.07, 6.45) is 9.73. The Labute approximate surface area is 173 Å². The number of ether oxygens (including phenoxy) is 1. The Morgan fingerprint density at radius 3 is 2.70 bits per heavy atom. The van der Waals surface area contributed by atoms with Crippen LogP contribution in [0.1, 0.15) is 5.56 Å². The van der Waals surface area contributed by atoms with Gasteiger partial charge in [0.05, 0.1) is 23.6 Å². The molecule has 0 bridgehead atoms. The van der Waals surface area contributed by atoms with Gasteiger partial charge in [-0.25, -0.2) is 4.98 Å². The lowest BCUT2D eigenvalue weighted by Crippen LogP contribution is -2.30. The van der Waals surface area contributed by atoms with Gasteiger partial charge in [0, 0.05) is 46.5 Å². The van der Waals surface area contributed by atoms with Gasteiger partial charge in [-0.05, 0) is 42.3 Å². The largest absolute Gasteiger partial charge is 0.490 e. The van der Waals surface area contributed by atoms with Gasteiger partial charge in [0.1, 0.15) is 12.4 Å². The number of fused-ring (bicyclic) bond motifs is 2. The predicted molar refractivity (Wildman–Crippen MR) is 118 cm³/mol. The summed E-state index contributed by atoms with van der Waals surface area (Å²) in [5.41, 5.74) is 11.4. The van der Waals surface area contributed by atoms with Gasteiger partial charge < -0.3 is 15.5 Å². The van der Waals surface area contributed by atoms with Crippen LogP contribution in [0.15, 0.2) is 79.5 Å². The molecule has 0 aliphatic heterocycles. The Morgan fingerprint density at radius 2 is 1.80 bits per heavy atom. The number of nitrogens with zero attached hydrogens (tertiary/aromatic N) is 3. The molecule has 0 saturated heterocycles. The average molecular weight is 395 g/mol. The Kier molecular flexibility index (Phi) is 4.83. The maximum Gasteiger partial charge on any atom is 0.147 e. The quantitative estimate of drug-likeness (QED) is 0.451. The van der Waals surface area contributed by atoms with E-state index in [-0.39, 0.29) is 6.04 Å². The molecule has 4 heterocycles. The summed E-state index contributed by atoms with van der Waals surface area (Å²) in [6, 6.07) is 16.0. The molecule has 6 nitrogen and oxygen atoms in total. The molecule has 5 aromatic rings. The summed E-state index contributed by atoms with van der Waals surface area (Å²) in [7, 11) is 0. The number of aromatic nitrogens is 4. The summed E-state index contributed by atoms with van der Waals surface area (Å²) < 4.78 is 6.04. The van der Waals surface area contributed by atoms with Crippen molar-refractivity contribution in [2.45, 2.75) is 12.5 Å². The molecular weight excluding hydrogens is 374 g/mol. The maximum atomic E-state index is 6.37. The van der Waals surface area contributed by atoms with Crippen LogP contribution in [0.25, 0.3) is 33.1 Å². The fourth-order valence-corrected chi connectivity index (χ4v) is 3.66. The van der Waals surface area contributed by atoms with Gasteiger partial charge in [-0.3, -0.25) is 9.97 Å². The van der Waals surface area contributed by atoms with E-state index in [1.54, 1.807) is 24.8 Å². The van der Waals surface area contributed by atoms with Crippen molar-refractivity contribution in [1.29, 1.82) is 0 Å². The van der Waals surface area contributed by atoms with Gasteiger partial charge in [0.15, 0.2) is 0 Å². The number of hydrogen-bond acceptors (Lipinski definition) is 5. The third-order valence-electron chi connectivity index (χ3n) is 5.16. The molecule has 1 aromatic carbocycles. The summed E-state index contributed by atoms with van der Waals surface area (Å²) in [6.45, 7) is 0.395. The highest BCUT2D eigenvalue weighted by molar-refractivity contribution is 5.86. The standard InChI is InChI=1S/C24H21N5O/c25-18(11-17-12-28-22-4-2-1-3-19(17)22)15-30-24-14-27-13-23-20(24)5-6-21(29-23)16-7-9-26-10-8-16/h1-10,12-14,18,28H,11,15,25H2/t18-/m0/s1. The smallest absolute Gasteiger partial charge is 0.147 e. The second kappa shape index (κ2) is 7.93. The molecule has 0 aliphatic rings. The van der Waals surface area contributed by atoms with Gasteiger partial charge in [-0.2, -0.15) is 0 Å². The number of hydrogen-bond donors (Lipinski definition) is 2. The van der Waals surface area contributed by atoms with Crippen LogP contribution < -0.4 is 10.5 Å². The molecule has 0 unspecified atom stereocenters. The number of benzene rings is 1. The fraction of sp³-hybridized carbons (Fsp3) is 0.125. The first-order valence-electron chi connectivity index (χ1n) is 9.86. The van der Waals surface area contributed by atoms with Crippen molar-refractivity contribution in [1.82, 2.24) is 19.9 Å². The summed E-state index contributed by atoms with van der Waals surface area (Å²) >= 11 is 0. The lowest BCUT2D eigenvalue weighted by atomic mass is 10.1. The van der Waals surface area contributed by atoms with Crippen molar-refractivity contribution < 1.29 is 4.74 Å². The third kappa shape index (κ3) is 3.60. The van der Waals surface area contributed by atoms with E-state index in [1.807, 2.05) is 42.6 Å². The summed E-state index contributed by atoms with van der Waals surface area (Å²) in [5.74, 6) is 0.690. The highest BCUT2D eigenvalue weighted by Crippen LogP contribution is 2.27. The zero-order valence-electron chi connectivity index (χ0n) is 16.3. The van der Waals surface area contributed by atoms with Crippen molar-refractivity contribution in [3.05, 3.63) is 85.1 Å². The number of aromatic amines is 1. The van der Waals surface area contributed by atoms with E-state index >= 15 is 0 Å². The lowest BCUT2D eigenvalue weighted by molar-refractivity contribution is 0.290. The van der Waals surface area contributed by atoms with Crippen molar-refractivity contribution in [3.63, 3.8) is 0 Å². The van der Waals surface area contributed by atoms with Crippen molar-refractivity contribution in [2.75, 3.05) is 6.61 Å². The first-order valence-corrected chi connectivity index (χ1v) is 9.86. The Balaban J connectivity index is 1.32. The van der Waals surface area contributed by atoms with E-state index < -0.39 is 0 Å². The Hall–Kier alpha value is -3.77. The van der Waals surface area contributed by atoms with Gasteiger partial charge in [0.25, 0.3) is 0 Å². The molecule has 0 radical (unpaired) electrons. The summed E-state index contributed by atoms with van der Waals surface area (Å²) in [4.78, 5) is 16.4. The number of para-hydroxylation sites is 1. The highest BCUT2D eigenvalue weighted by atomic mass is 16.5. The SMILES string of the molecule is N[C@H](COc1cncc2nc(-c3ccncc3)ccc12)Cc1c[nH]c2ccccc12. The molecule has 148 valence electrons. The fourth-order valence-electron chi connectivity index (χ4n) is 3.66. The lowest BCUT2D eigenvalue weighted by Gasteiger charge is -2.14. The van der Waals surface area contributed by atoms with Gasteiger partial charge in [-0.15, -0.1) is 0 Å². The minimum atomic E-state index is -0.136. The molecule has 0 saturated carbocycles. The molecule has 0 fully saturated rings. The molecule has 6 heteroatoms. The van der Waals surface area contributed by atoms with E-state index in [1.165, 1.54) is 10.9 Å². The van der Waals surface area contributed by atoms with Crippen LogP contribution in [-0.2, 0) is 6.42 Å². The van der Waals surface area contributed by atoms with Crippen molar-refractivity contribution in [2.24, 2.45) is 5.73 Å². The van der Waals surface area contributed by atoms with Crippen molar-refractivity contribution >= 4 is 21.8 Å². The molecule has 4 aromatic heterocycles. The Bertz CT molecular complexity index is 1300. The van der Waals surface area contributed by atoms with Crippen LogP contribution in [-0.4, -0.2) is 32.6 Å². The zero-order chi connectivity index (χ0) is 20.3. The van der Waals surface area contributed by atoms with E-state index in [0.29, 0.717) is 12.4 Å². The van der Waals surface area contributed by atoms with Crippen LogP contribution in [0.2, 0.25) is 0 Å². The van der Waals surface area contributed by atoms with E-state index in [2.05, 4.69) is 27.1 Å². The minimum Gasteiger partial charge on any atom is -0.490 e. The predicted octanol–water partition coefficient (Wildman–Crippen LogP) is 4.12. The number of H-pyrrole nitrogens is 1. The first kappa shape index (κ1) is 18.3. The van der Waals surface area contributed by atoms with E-state index in [9.17, 15) is 0 Å². The molecule has 0 spiro atoms. The van der Waals surface area contributed by atoms with Crippen LogP contribution in [0, 0.1) is 0 Å². The van der Waals surface area contributed by atoms with Gasteiger partial charge >= 0.3 is 0 Å². The normalized spacial score (nSPS) is 12.3. The molecule has 5 rings (SSSR count). The van der Waals surface area contributed by atoms with Crippen molar-refractivity contribution in [3.8, 4) is 17.0 Å². The summed E-state index contributed by atoms with van der Waals surface area (Å²) in [5, 5.41) is 2.12. The van der Waals surface area contributed by atoms with E-state index in [0.717, 1.165) is 34.1 Å². The van der Waals surface area contributed by atoms with Crippen LogP contribution >= 0.6 is 0 Å². The third-order valence-corrected chi connectivity index (χ3v) is 5.16. The Morgan fingerprint density at radius 1 is 0.933 bits per heavy atom. The maximum absolute atomic E-state index is 6.37. The molecular formula is C24H21N5O. The first-order chi connectivity index (χ1) is 14.8. The number of rotatable bonds is 6. The molecule has 0 aliphatic carbocycles. The number of pyridine rings is 3. The monoisotopic (exact) mass is 395 g/mol. The molecule has 3 N–H and O–H groups in total. The van der Waals surface area contributed by atoms with Crippen LogP contribution in [0.5, 0.6) is 5.75 Å². The average Bonchev–Trinajstić information content (AvgIpc) is 3.20. The number of nitrogens with one attached hydrogen (secondary N) is 1. The molecule has 30 heavy (non-hydrogen) atoms. The second-order valence-corrected chi connectivity index (χ2v) is 7.27. The van der Waals surface area contributed by atoms with Crippen LogP contribution in [0.3, 0.4) is 0 Å². The van der Waals surface area contributed by atoms with Crippen LogP contribution in [0.4, 0.5) is 0 Å². The van der Waals surface area contributed by atoms with Gasteiger partial charge in [-0.1, -0.05) is 18.2 Å².